The molecule has 174 valence electrons. The van der Waals surface area contributed by atoms with E-state index in [0.717, 1.165) is 19.2 Å². The standard InChI is InChI=1S/C22H20O11/c1-31-22(30)21-18(29)16(27)17(28)20(33-21)15-11(25)6-10(24)14-12(26)7-13(32-19(14)15)8-2-4-9(23)5-3-8/h2-7,16-18,20-21,23-25,27-29H,1H3/t16-,17-,18+,20+,21+/m1/s1. The lowest BCUT2D eigenvalue weighted by molar-refractivity contribution is -0.231. The molecular weight excluding hydrogens is 440 g/mol. The normalized spacial score (nSPS) is 25.2. The molecule has 0 bridgehead atoms. The molecule has 1 saturated heterocycles. The highest BCUT2D eigenvalue weighted by atomic mass is 16.6. The largest absolute Gasteiger partial charge is 0.508 e. The number of fused-ring (bicyclic) bond motifs is 1. The summed E-state index contributed by atoms with van der Waals surface area (Å²) in [5.41, 5.74) is -1.05. The van der Waals surface area contributed by atoms with Crippen LogP contribution in [-0.4, -0.2) is 68.1 Å². The second-order valence-corrected chi connectivity index (χ2v) is 7.53. The summed E-state index contributed by atoms with van der Waals surface area (Å²) in [5.74, 6) is -2.37. The van der Waals surface area contributed by atoms with Gasteiger partial charge in [-0.05, 0) is 24.3 Å². The minimum Gasteiger partial charge on any atom is -0.508 e. The van der Waals surface area contributed by atoms with Gasteiger partial charge in [-0.2, -0.15) is 0 Å². The molecule has 0 radical (unpaired) electrons. The molecule has 2 aromatic carbocycles. The molecule has 1 fully saturated rings. The summed E-state index contributed by atoms with van der Waals surface area (Å²) in [4.78, 5) is 24.8. The Morgan fingerprint density at radius 2 is 1.61 bits per heavy atom. The van der Waals surface area contributed by atoms with Gasteiger partial charge in [0.05, 0.1) is 12.7 Å². The first-order valence-corrected chi connectivity index (χ1v) is 9.73. The monoisotopic (exact) mass is 460 g/mol. The first-order valence-electron chi connectivity index (χ1n) is 9.73. The van der Waals surface area contributed by atoms with E-state index in [0.29, 0.717) is 5.56 Å². The van der Waals surface area contributed by atoms with Gasteiger partial charge in [0.15, 0.2) is 17.1 Å². The first-order chi connectivity index (χ1) is 15.6. The smallest absolute Gasteiger partial charge is 0.337 e. The number of aromatic hydroxyl groups is 3. The summed E-state index contributed by atoms with van der Waals surface area (Å²) in [7, 11) is 1.03. The number of phenols is 3. The molecule has 0 amide bonds. The maximum atomic E-state index is 12.8. The van der Waals surface area contributed by atoms with Gasteiger partial charge in [0.25, 0.3) is 0 Å². The first kappa shape index (κ1) is 22.6. The summed E-state index contributed by atoms with van der Waals surface area (Å²) in [6.07, 6.45) is -8.97. The number of hydrogen-bond acceptors (Lipinski definition) is 11. The summed E-state index contributed by atoms with van der Waals surface area (Å²) in [5, 5.41) is 61.0. The van der Waals surface area contributed by atoms with Crippen molar-refractivity contribution in [3.8, 4) is 28.6 Å². The number of methoxy groups -OCH3 is 1. The Kier molecular flexibility index (Phi) is 5.72. The molecule has 6 N–H and O–H groups in total. The van der Waals surface area contributed by atoms with Crippen molar-refractivity contribution in [2.45, 2.75) is 30.5 Å². The van der Waals surface area contributed by atoms with Crippen LogP contribution in [0.5, 0.6) is 17.2 Å². The maximum Gasteiger partial charge on any atom is 0.337 e. The molecule has 1 aliphatic heterocycles. The number of esters is 1. The Morgan fingerprint density at radius 1 is 0.939 bits per heavy atom. The molecule has 11 heteroatoms. The third kappa shape index (κ3) is 3.76. The van der Waals surface area contributed by atoms with Gasteiger partial charge in [0, 0.05) is 17.7 Å². The number of carbonyl (C=O) groups is 1. The fourth-order valence-electron chi connectivity index (χ4n) is 3.79. The molecule has 11 nitrogen and oxygen atoms in total. The van der Waals surface area contributed by atoms with Gasteiger partial charge < -0.3 is 44.5 Å². The van der Waals surface area contributed by atoms with E-state index in [1.807, 2.05) is 0 Å². The Balaban J connectivity index is 1.95. The number of aliphatic hydroxyl groups excluding tert-OH is 3. The molecule has 1 aromatic heterocycles. The SMILES string of the molecule is COC(=O)[C@H]1O[C@@H](c2c(O)cc(O)c3c(=O)cc(-c4ccc(O)cc4)oc23)[C@H](O)[C@@H](O)[C@@H]1O. The number of rotatable bonds is 3. The summed E-state index contributed by atoms with van der Waals surface area (Å²) < 4.78 is 15.8. The van der Waals surface area contributed by atoms with Crippen LogP contribution in [0.2, 0.25) is 0 Å². The summed E-state index contributed by atoms with van der Waals surface area (Å²) in [6, 6.07) is 7.54. The van der Waals surface area contributed by atoms with E-state index in [1.54, 1.807) is 0 Å². The fraction of sp³-hybridized carbons (Fsp3) is 0.273. The number of aliphatic hydroxyl groups is 3. The number of carbonyl (C=O) groups excluding carboxylic acids is 1. The van der Waals surface area contributed by atoms with Crippen LogP contribution in [0, 0.1) is 0 Å². The van der Waals surface area contributed by atoms with E-state index in [9.17, 15) is 40.2 Å². The van der Waals surface area contributed by atoms with Crippen LogP contribution in [0.25, 0.3) is 22.3 Å². The molecule has 0 spiro atoms. The van der Waals surface area contributed by atoms with E-state index in [2.05, 4.69) is 4.74 Å². The topological polar surface area (TPSA) is 187 Å². The van der Waals surface area contributed by atoms with Gasteiger partial charge in [-0.3, -0.25) is 4.79 Å². The van der Waals surface area contributed by atoms with Gasteiger partial charge in [-0.15, -0.1) is 0 Å². The van der Waals surface area contributed by atoms with E-state index in [1.165, 1.54) is 24.3 Å². The van der Waals surface area contributed by atoms with Crippen molar-refractivity contribution in [3.63, 3.8) is 0 Å². The second kappa shape index (κ2) is 8.37. The highest BCUT2D eigenvalue weighted by Crippen LogP contribution is 2.43. The molecule has 4 rings (SSSR count). The van der Waals surface area contributed by atoms with Crippen LogP contribution in [0.4, 0.5) is 0 Å². The van der Waals surface area contributed by atoms with Gasteiger partial charge in [-0.25, -0.2) is 4.79 Å². The second-order valence-electron chi connectivity index (χ2n) is 7.53. The quantitative estimate of drug-likeness (QED) is 0.295. The van der Waals surface area contributed by atoms with Gasteiger partial charge in [0.2, 0.25) is 0 Å². The zero-order valence-corrected chi connectivity index (χ0v) is 17.1. The Bertz CT molecular complexity index is 1260. The third-order valence-electron chi connectivity index (χ3n) is 5.48. The number of ether oxygens (including phenoxy) is 2. The number of phenolic OH excluding ortho intramolecular Hbond substituents is 3. The average molecular weight is 460 g/mol. The fourth-order valence-corrected chi connectivity index (χ4v) is 3.79. The van der Waals surface area contributed by atoms with Gasteiger partial charge >= 0.3 is 5.97 Å². The molecular formula is C22H20O11. The molecule has 2 heterocycles. The molecule has 0 aliphatic carbocycles. The van der Waals surface area contributed by atoms with Crippen molar-refractivity contribution in [2.75, 3.05) is 7.11 Å². The zero-order chi connectivity index (χ0) is 24.0. The average Bonchev–Trinajstić information content (AvgIpc) is 2.78. The Morgan fingerprint density at radius 3 is 2.24 bits per heavy atom. The van der Waals surface area contributed by atoms with E-state index < -0.39 is 53.4 Å². The number of hydrogen-bond donors (Lipinski definition) is 6. The number of benzene rings is 2. The lowest BCUT2D eigenvalue weighted by atomic mass is 9.89. The van der Waals surface area contributed by atoms with Crippen molar-refractivity contribution in [2.24, 2.45) is 0 Å². The molecule has 0 saturated carbocycles. The zero-order valence-electron chi connectivity index (χ0n) is 17.1. The van der Waals surface area contributed by atoms with Crippen LogP contribution in [0.1, 0.15) is 11.7 Å². The minimum absolute atomic E-state index is 0.00542. The predicted molar refractivity (Wildman–Crippen MR) is 111 cm³/mol. The van der Waals surface area contributed by atoms with Gasteiger partial charge in [-0.1, -0.05) is 0 Å². The molecule has 0 unspecified atom stereocenters. The van der Waals surface area contributed by atoms with Crippen LogP contribution < -0.4 is 5.43 Å². The highest BCUT2D eigenvalue weighted by Gasteiger charge is 2.49. The predicted octanol–water partition coefficient (Wildman–Crippen LogP) is 0.272. The molecule has 33 heavy (non-hydrogen) atoms. The highest BCUT2D eigenvalue weighted by molar-refractivity contribution is 5.89. The Hall–Kier alpha value is -3.64. The maximum absolute atomic E-state index is 12.8. The molecule has 5 atom stereocenters. The minimum atomic E-state index is -1.89. The summed E-state index contributed by atoms with van der Waals surface area (Å²) >= 11 is 0. The summed E-state index contributed by atoms with van der Waals surface area (Å²) in [6.45, 7) is 0. The van der Waals surface area contributed by atoms with Crippen molar-refractivity contribution in [1.82, 2.24) is 0 Å². The lowest BCUT2D eigenvalue weighted by Gasteiger charge is -2.39. The molecule has 1 aliphatic rings. The lowest BCUT2D eigenvalue weighted by Crippen LogP contribution is -2.56. The van der Waals surface area contributed by atoms with Gasteiger partial charge in [0.1, 0.15) is 52.8 Å². The van der Waals surface area contributed by atoms with Crippen LogP contribution in [0.15, 0.2) is 45.6 Å². The molecule has 3 aromatic rings. The van der Waals surface area contributed by atoms with Crippen molar-refractivity contribution >= 4 is 16.9 Å². The van der Waals surface area contributed by atoms with Crippen LogP contribution in [0.3, 0.4) is 0 Å². The Labute approximate surface area is 185 Å². The van der Waals surface area contributed by atoms with Crippen molar-refractivity contribution < 1.29 is 49.3 Å². The van der Waals surface area contributed by atoms with Crippen LogP contribution in [-0.2, 0) is 14.3 Å². The van der Waals surface area contributed by atoms with Crippen LogP contribution >= 0.6 is 0 Å². The third-order valence-corrected chi connectivity index (χ3v) is 5.48. The van der Waals surface area contributed by atoms with E-state index in [4.69, 9.17) is 9.15 Å². The van der Waals surface area contributed by atoms with Crippen molar-refractivity contribution in [1.29, 1.82) is 0 Å². The van der Waals surface area contributed by atoms with E-state index in [-0.39, 0.29) is 28.0 Å². The van der Waals surface area contributed by atoms with E-state index >= 15 is 0 Å². The van der Waals surface area contributed by atoms with Crippen molar-refractivity contribution in [3.05, 3.63) is 52.2 Å².